The normalized spacial score (nSPS) is 8.89. The molecule has 0 amide bonds. The molecule has 0 saturated carbocycles. The van der Waals surface area contributed by atoms with E-state index in [1.54, 1.807) is 0 Å². The maximum Gasteiger partial charge on any atom is 0.0574 e. The molecule has 0 unspecified atom stereocenters. The van der Waals surface area contributed by atoms with Crippen LogP contribution in [0.3, 0.4) is 0 Å². The first-order valence-corrected chi connectivity index (χ1v) is 3.37. The van der Waals surface area contributed by atoms with Crippen molar-refractivity contribution in [2.75, 3.05) is 13.6 Å². The lowest BCUT2D eigenvalue weighted by molar-refractivity contribution is 0.675. The van der Waals surface area contributed by atoms with E-state index in [9.17, 15) is 0 Å². The van der Waals surface area contributed by atoms with E-state index >= 15 is 0 Å². The fourth-order valence-corrected chi connectivity index (χ4v) is 0.427. The molecule has 0 bridgehead atoms. The molecule has 0 heterocycles. The van der Waals surface area contributed by atoms with Crippen LogP contribution < -0.4 is 5.32 Å². The standard InChI is InChI=1S/C8H15N/c1-8(2)6-4-5-7-9-3/h8-9H,6-7H2,1-3H3. The summed E-state index contributed by atoms with van der Waals surface area (Å²) in [6.07, 6.45) is 1.02. The van der Waals surface area contributed by atoms with Gasteiger partial charge in [0.2, 0.25) is 0 Å². The highest BCUT2D eigenvalue weighted by molar-refractivity contribution is 5.00. The Morgan fingerprint density at radius 2 is 2.00 bits per heavy atom. The van der Waals surface area contributed by atoms with Crippen molar-refractivity contribution in [3.05, 3.63) is 0 Å². The Kier molecular flexibility index (Phi) is 5.35. The second-order valence-electron chi connectivity index (χ2n) is 2.48. The lowest BCUT2D eigenvalue weighted by Crippen LogP contribution is -2.04. The van der Waals surface area contributed by atoms with Crippen LogP contribution in [0.5, 0.6) is 0 Å². The minimum atomic E-state index is 0.703. The molecule has 1 heteroatoms. The monoisotopic (exact) mass is 125 g/mol. The van der Waals surface area contributed by atoms with Crippen molar-refractivity contribution in [3.8, 4) is 11.8 Å². The Morgan fingerprint density at radius 3 is 2.44 bits per heavy atom. The molecule has 0 atom stereocenters. The van der Waals surface area contributed by atoms with Crippen molar-refractivity contribution in [1.82, 2.24) is 5.32 Å². The van der Waals surface area contributed by atoms with Gasteiger partial charge in [-0.15, -0.1) is 5.92 Å². The molecule has 1 N–H and O–H groups in total. The lowest BCUT2D eigenvalue weighted by atomic mass is 10.1. The van der Waals surface area contributed by atoms with Gasteiger partial charge in [-0.2, -0.15) is 0 Å². The van der Waals surface area contributed by atoms with Crippen LogP contribution in [0.4, 0.5) is 0 Å². The molecule has 0 aromatic rings. The van der Waals surface area contributed by atoms with Gasteiger partial charge >= 0.3 is 0 Å². The summed E-state index contributed by atoms with van der Waals surface area (Å²) in [5.74, 6) is 6.78. The SMILES string of the molecule is CNCC#CCC(C)C. The minimum absolute atomic E-state index is 0.703. The van der Waals surface area contributed by atoms with Gasteiger partial charge < -0.3 is 5.32 Å². The molecular formula is C8H15N. The first-order chi connectivity index (χ1) is 4.27. The summed E-state index contributed by atoms with van der Waals surface area (Å²) < 4.78 is 0. The molecule has 0 aromatic heterocycles. The fraction of sp³-hybridized carbons (Fsp3) is 0.750. The van der Waals surface area contributed by atoms with Crippen LogP contribution in [0, 0.1) is 17.8 Å². The summed E-state index contributed by atoms with van der Waals surface area (Å²) in [7, 11) is 1.91. The summed E-state index contributed by atoms with van der Waals surface area (Å²) >= 11 is 0. The number of rotatable bonds is 2. The first-order valence-electron chi connectivity index (χ1n) is 3.37. The van der Waals surface area contributed by atoms with E-state index in [0.29, 0.717) is 5.92 Å². The lowest BCUT2D eigenvalue weighted by Gasteiger charge is -1.92. The van der Waals surface area contributed by atoms with Crippen molar-refractivity contribution in [2.45, 2.75) is 20.3 Å². The van der Waals surface area contributed by atoms with Crippen LogP contribution >= 0.6 is 0 Å². The molecule has 0 aliphatic rings. The van der Waals surface area contributed by atoms with Crippen molar-refractivity contribution in [1.29, 1.82) is 0 Å². The molecule has 0 spiro atoms. The van der Waals surface area contributed by atoms with Crippen LogP contribution in [0.25, 0.3) is 0 Å². The zero-order chi connectivity index (χ0) is 7.11. The van der Waals surface area contributed by atoms with E-state index in [0.717, 1.165) is 13.0 Å². The Bertz CT molecular complexity index is 105. The summed E-state index contributed by atoms with van der Waals surface area (Å²) in [5, 5.41) is 2.97. The average Bonchev–Trinajstić information content (AvgIpc) is 1.80. The van der Waals surface area contributed by atoms with E-state index in [-0.39, 0.29) is 0 Å². The first kappa shape index (κ1) is 8.52. The number of hydrogen-bond acceptors (Lipinski definition) is 1. The van der Waals surface area contributed by atoms with Crippen molar-refractivity contribution >= 4 is 0 Å². The molecule has 0 saturated heterocycles. The van der Waals surface area contributed by atoms with Crippen LogP contribution in [0.2, 0.25) is 0 Å². The maximum absolute atomic E-state index is 3.07. The predicted octanol–water partition coefficient (Wildman–Crippen LogP) is 1.26. The predicted molar refractivity (Wildman–Crippen MR) is 41.2 cm³/mol. The Balaban J connectivity index is 3.16. The van der Waals surface area contributed by atoms with Crippen molar-refractivity contribution in [3.63, 3.8) is 0 Å². The molecule has 0 aliphatic carbocycles. The summed E-state index contributed by atoms with van der Waals surface area (Å²) in [5.41, 5.74) is 0. The molecule has 52 valence electrons. The minimum Gasteiger partial charge on any atom is -0.309 e. The summed E-state index contributed by atoms with van der Waals surface area (Å²) in [6.45, 7) is 5.16. The zero-order valence-electron chi connectivity index (χ0n) is 6.49. The molecule has 0 rings (SSSR count). The second-order valence-corrected chi connectivity index (χ2v) is 2.48. The van der Waals surface area contributed by atoms with Gasteiger partial charge in [0.05, 0.1) is 6.54 Å². The Morgan fingerprint density at radius 1 is 1.33 bits per heavy atom. The van der Waals surface area contributed by atoms with Gasteiger partial charge in [-0.05, 0) is 13.0 Å². The molecule has 0 radical (unpaired) electrons. The highest BCUT2D eigenvalue weighted by Gasteiger charge is 1.84. The van der Waals surface area contributed by atoms with Gasteiger partial charge in [-0.3, -0.25) is 0 Å². The second kappa shape index (κ2) is 5.65. The van der Waals surface area contributed by atoms with Gasteiger partial charge in [0.1, 0.15) is 0 Å². The van der Waals surface area contributed by atoms with Crippen LogP contribution in [-0.4, -0.2) is 13.6 Å². The van der Waals surface area contributed by atoms with Gasteiger partial charge in [0, 0.05) is 6.42 Å². The largest absolute Gasteiger partial charge is 0.309 e. The maximum atomic E-state index is 3.07. The number of hydrogen-bond donors (Lipinski definition) is 1. The van der Waals surface area contributed by atoms with Gasteiger partial charge in [0.15, 0.2) is 0 Å². The third-order valence-corrected chi connectivity index (χ3v) is 0.900. The summed E-state index contributed by atoms with van der Waals surface area (Å²) in [6, 6.07) is 0. The number of nitrogens with one attached hydrogen (secondary N) is 1. The summed E-state index contributed by atoms with van der Waals surface area (Å²) in [4.78, 5) is 0. The van der Waals surface area contributed by atoms with E-state index in [2.05, 4.69) is 31.0 Å². The molecule has 0 aliphatic heterocycles. The van der Waals surface area contributed by atoms with Crippen molar-refractivity contribution in [2.24, 2.45) is 5.92 Å². The Hall–Kier alpha value is -0.480. The smallest absolute Gasteiger partial charge is 0.0574 e. The Labute approximate surface area is 57.8 Å². The van der Waals surface area contributed by atoms with Gasteiger partial charge in [-0.25, -0.2) is 0 Å². The van der Waals surface area contributed by atoms with Gasteiger partial charge in [-0.1, -0.05) is 19.8 Å². The van der Waals surface area contributed by atoms with Crippen LogP contribution in [-0.2, 0) is 0 Å². The zero-order valence-corrected chi connectivity index (χ0v) is 6.49. The molecule has 1 nitrogen and oxygen atoms in total. The van der Waals surface area contributed by atoms with E-state index in [1.165, 1.54) is 0 Å². The van der Waals surface area contributed by atoms with E-state index in [4.69, 9.17) is 0 Å². The quantitative estimate of drug-likeness (QED) is 0.548. The van der Waals surface area contributed by atoms with Crippen molar-refractivity contribution < 1.29 is 0 Å². The van der Waals surface area contributed by atoms with Crippen LogP contribution in [0.1, 0.15) is 20.3 Å². The topological polar surface area (TPSA) is 12.0 Å². The van der Waals surface area contributed by atoms with Crippen LogP contribution in [0.15, 0.2) is 0 Å². The molecule has 0 fully saturated rings. The average molecular weight is 125 g/mol. The fourth-order valence-electron chi connectivity index (χ4n) is 0.427. The van der Waals surface area contributed by atoms with E-state index < -0.39 is 0 Å². The third-order valence-electron chi connectivity index (χ3n) is 0.900. The molecule has 0 aromatic carbocycles. The molecule has 9 heavy (non-hydrogen) atoms. The van der Waals surface area contributed by atoms with Gasteiger partial charge in [0.25, 0.3) is 0 Å². The highest BCUT2D eigenvalue weighted by atomic mass is 14.8. The highest BCUT2D eigenvalue weighted by Crippen LogP contribution is 1.94. The van der Waals surface area contributed by atoms with E-state index in [1.807, 2.05) is 7.05 Å². The molecular weight excluding hydrogens is 110 g/mol. The third kappa shape index (κ3) is 7.52.